The van der Waals surface area contributed by atoms with Crippen molar-refractivity contribution in [3.8, 4) is 5.75 Å². The van der Waals surface area contributed by atoms with Gasteiger partial charge in [-0.15, -0.1) is 0 Å². The monoisotopic (exact) mass is 450 g/mol. The molecule has 0 N–H and O–H groups in total. The Balaban J connectivity index is 1.26. The van der Waals surface area contributed by atoms with Gasteiger partial charge in [0.2, 0.25) is 11.5 Å². The third-order valence-corrected chi connectivity index (χ3v) is 6.54. The first kappa shape index (κ1) is 21.6. The molecule has 0 spiro atoms. The lowest BCUT2D eigenvalue weighted by molar-refractivity contribution is -0.175. The number of carbonyl (C=O) groups is 2. The van der Waals surface area contributed by atoms with Gasteiger partial charge in [0.1, 0.15) is 18.1 Å². The van der Waals surface area contributed by atoms with Crippen molar-refractivity contribution in [3.05, 3.63) is 71.9 Å². The number of esters is 1. The lowest BCUT2D eigenvalue weighted by Gasteiger charge is -2.48. The van der Waals surface area contributed by atoms with Gasteiger partial charge in [-0.1, -0.05) is 6.07 Å². The summed E-state index contributed by atoms with van der Waals surface area (Å²) in [5.41, 5.74) is 1.54. The van der Waals surface area contributed by atoms with Crippen LogP contribution in [0.3, 0.4) is 0 Å². The van der Waals surface area contributed by atoms with E-state index in [1.807, 2.05) is 18.3 Å². The first-order valence-corrected chi connectivity index (χ1v) is 11.1. The number of hydrogen-bond acceptors (Lipinski definition) is 8. The van der Waals surface area contributed by atoms with Gasteiger partial charge >= 0.3 is 5.97 Å². The van der Waals surface area contributed by atoms with Gasteiger partial charge in [-0.2, -0.15) is 0 Å². The minimum absolute atomic E-state index is 0.0499. The van der Waals surface area contributed by atoms with Gasteiger partial charge in [0, 0.05) is 31.4 Å². The van der Waals surface area contributed by atoms with Gasteiger partial charge < -0.3 is 18.9 Å². The summed E-state index contributed by atoms with van der Waals surface area (Å²) >= 11 is 0. The molecule has 1 saturated heterocycles. The van der Waals surface area contributed by atoms with Crippen LogP contribution in [0.4, 0.5) is 0 Å². The van der Waals surface area contributed by atoms with Crippen LogP contribution in [0.1, 0.15) is 28.8 Å². The summed E-state index contributed by atoms with van der Waals surface area (Å²) in [5.74, 6) is 0.0136. The average molecular weight is 450 g/mol. The van der Waals surface area contributed by atoms with E-state index in [-0.39, 0.29) is 35.6 Å². The van der Waals surface area contributed by atoms with Crippen LogP contribution in [0.15, 0.2) is 60.8 Å². The Morgan fingerprint density at radius 1 is 1.21 bits per heavy atom. The van der Waals surface area contributed by atoms with Crippen molar-refractivity contribution in [2.75, 3.05) is 20.4 Å². The molecule has 5 rings (SSSR count). The highest BCUT2D eigenvalue weighted by Crippen LogP contribution is 2.40. The standard InChI is InChI=1S/C25H26N2O6/c1-30-25(29)17-4-6-18(7-5-17)33-22-14-31-24-19(23(22)28)8-9-21-20(24)13-27(15-32-21)12-16-3-2-10-26-11-16/h2-7,10-11,14,19-21,24H,8-9,12-13,15H2,1H3. The summed E-state index contributed by atoms with van der Waals surface area (Å²) in [6.45, 7) is 2.11. The number of ketones is 1. The predicted octanol–water partition coefficient (Wildman–Crippen LogP) is 2.94. The summed E-state index contributed by atoms with van der Waals surface area (Å²) < 4.78 is 22.7. The van der Waals surface area contributed by atoms with Crippen molar-refractivity contribution in [3.63, 3.8) is 0 Å². The molecule has 1 aliphatic carbocycles. The molecule has 172 valence electrons. The number of Topliss-reactive ketones (excluding diaryl/α,β-unsaturated/α-hetero) is 1. The summed E-state index contributed by atoms with van der Waals surface area (Å²) in [6, 6.07) is 10.4. The van der Waals surface area contributed by atoms with Crippen LogP contribution in [-0.4, -0.2) is 54.2 Å². The lowest BCUT2D eigenvalue weighted by Crippen LogP contribution is -2.56. The fourth-order valence-corrected chi connectivity index (χ4v) is 4.91. The van der Waals surface area contributed by atoms with Crippen molar-refractivity contribution >= 4 is 11.8 Å². The number of aromatic nitrogens is 1. The molecule has 8 heteroatoms. The molecule has 2 aliphatic heterocycles. The van der Waals surface area contributed by atoms with Gasteiger partial charge in [0.25, 0.3) is 0 Å². The van der Waals surface area contributed by atoms with Crippen LogP contribution in [0, 0.1) is 11.8 Å². The smallest absolute Gasteiger partial charge is 0.337 e. The summed E-state index contributed by atoms with van der Waals surface area (Å²) in [5, 5.41) is 0. The second kappa shape index (κ2) is 9.33. The van der Waals surface area contributed by atoms with Gasteiger partial charge in [-0.05, 0) is 48.7 Å². The number of carbonyl (C=O) groups excluding carboxylic acids is 2. The van der Waals surface area contributed by atoms with Gasteiger partial charge in [0.15, 0.2) is 0 Å². The molecule has 33 heavy (non-hydrogen) atoms. The molecule has 3 aliphatic rings. The SMILES string of the molecule is COC(=O)c1ccc(OC2=COC3C(CCC4OCN(Cc5cccnc5)CC43)C2=O)cc1. The third-order valence-electron chi connectivity index (χ3n) is 6.54. The summed E-state index contributed by atoms with van der Waals surface area (Å²) in [4.78, 5) is 31.2. The number of pyridine rings is 1. The fraction of sp³-hybridized carbons (Fsp3) is 0.400. The van der Waals surface area contributed by atoms with Crippen molar-refractivity contribution in [1.82, 2.24) is 9.88 Å². The molecule has 8 nitrogen and oxygen atoms in total. The number of allylic oxidation sites excluding steroid dienone is 1. The van der Waals surface area contributed by atoms with Crippen LogP contribution in [-0.2, 0) is 25.5 Å². The normalized spacial score (nSPS) is 26.9. The predicted molar refractivity (Wildman–Crippen MR) is 117 cm³/mol. The Labute approximate surface area is 192 Å². The Kier molecular flexibility index (Phi) is 6.11. The average Bonchev–Trinajstić information content (AvgIpc) is 2.86. The lowest BCUT2D eigenvalue weighted by atomic mass is 9.73. The molecule has 0 radical (unpaired) electrons. The van der Waals surface area contributed by atoms with E-state index in [2.05, 4.69) is 9.88 Å². The largest absolute Gasteiger partial charge is 0.493 e. The summed E-state index contributed by atoms with van der Waals surface area (Å²) in [7, 11) is 1.33. The molecule has 2 fully saturated rings. The van der Waals surface area contributed by atoms with Crippen LogP contribution in [0.25, 0.3) is 0 Å². The molecule has 1 saturated carbocycles. The van der Waals surface area contributed by atoms with Crippen LogP contribution < -0.4 is 4.74 Å². The number of nitrogens with zero attached hydrogens (tertiary/aromatic N) is 2. The molecular formula is C25H26N2O6. The van der Waals surface area contributed by atoms with Gasteiger partial charge in [-0.3, -0.25) is 14.7 Å². The molecule has 1 aromatic carbocycles. The highest BCUT2D eigenvalue weighted by molar-refractivity contribution is 5.96. The molecule has 0 amide bonds. The maximum atomic E-state index is 13.2. The van der Waals surface area contributed by atoms with E-state index in [1.54, 1.807) is 30.5 Å². The second-order valence-electron chi connectivity index (χ2n) is 8.62. The first-order chi connectivity index (χ1) is 16.1. The highest BCUT2D eigenvalue weighted by Gasteiger charge is 2.49. The second-order valence-corrected chi connectivity index (χ2v) is 8.62. The fourth-order valence-electron chi connectivity index (χ4n) is 4.91. The minimum Gasteiger partial charge on any atom is -0.493 e. The van der Waals surface area contributed by atoms with E-state index in [0.717, 1.165) is 25.1 Å². The van der Waals surface area contributed by atoms with Crippen LogP contribution in [0.2, 0.25) is 0 Å². The molecule has 3 heterocycles. The molecule has 0 bridgehead atoms. The topological polar surface area (TPSA) is 87.2 Å². The van der Waals surface area contributed by atoms with Crippen molar-refractivity contribution in [1.29, 1.82) is 0 Å². The molecule has 2 aromatic rings. The highest BCUT2D eigenvalue weighted by atomic mass is 16.5. The number of ether oxygens (including phenoxy) is 4. The summed E-state index contributed by atoms with van der Waals surface area (Å²) in [6.07, 6.45) is 6.44. The first-order valence-electron chi connectivity index (χ1n) is 11.1. The number of rotatable bonds is 5. The molecule has 1 aromatic heterocycles. The van der Waals surface area contributed by atoms with Crippen molar-refractivity contribution < 1.29 is 28.5 Å². The number of fused-ring (bicyclic) bond motifs is 3. The Morgan fingerprint density at radius 3 is 2.82 bits per heavy atom. The Hall–Kier alpha value is -3.23. The maximum absolute atomic E-state index is 13.2. The quantitative estimate of drug-likeness (QED) is 0.643. The van der Waals surface area contributed by atoms with Gasteiger partial charge in [0.05, 0.1) is 31.4 Å². The number of hydrogen-bond donors (Lipinski definition) is 0. The molecular weight excluding hydrogens is 424 g/mol. The zero-order chi connectivity index (χ0) is 22.8. The van der Waals surface area contributed by atoms with E-state index < -0.39 is 5.97 Å². The third kappa shape index (κ3) is 4.49. The van der Waals surface area contributed by atoms with Crippen LogP contribution >= 0.6 is 0 Å². The zero-order valence-electron chi connectivity index (χ0n) is 18.4. The van der Waals surface area contributed by atoms with Gasteiger partial charge in [-0.25, -0.2) is 4.79 Å². The van der Waals surface area contributed by atoms with E-state index in [4.69, 9.17) is 18.9 Å². The molecule has 4 atom stereocenters. The van der Waals surface area contributed by atoms with Crippen molar-refractivity contribution in [2.45, 2.75) is 31.6 Å². The maximum Gasteiger partial charge on any atom is 0.337 e. The van der Waals surface area contributed by atoms with E-state index in [0.29, 0.717) is 24.5 Å². The number of benzene rings is 1. The number of methoxy groups -OCH3 is 1. The van der Waals surface area contributed by atoms with E-state index in [9.17, 15) is 9.59 Å². The minimum atomic E-state index is -0.426. The molecule has 4 unspecified atom stereocenters. The Morgan fingerprint density at radius 2 is 2.06 bits per heavy atom. The van der Waals surface area contributed by atoms with E-state index in [1.165, 1.54) is 13.4 Å². The van der Waals surface area contributed by atoms with Crippen LogP contribution in [0.5, 0.6) is 5.75 Å². The van der Waals surface area contributed by atoms with Crippen molar-refractivity contribution in [2.24, 2.45) is 11.8 Å². The Bertz CT molecular complexity index is 1040. The zero-order valence-corrected chi connectivity index (χ0v) is 18.4. The van der Waals surface area contributed by atoms with E-state index >= 15 is 0 Å².